The van der Waals surface area contributed by atoms with Crippen molar-refractivity contribution >= 4 is 5.71 Å². The molecule has 0 bridgehead atoms. The summed E-state index contributed by atoms with van der Waals surface area (Å²) in [5.74, 6) is 0. The topological polar surface area (TPSA) is 32.6 Å². The summed E-state index contributed by atoms with van der Waals surface area (Å²) in [6, 6.07) is 4.26. The quantitative estimate of drug-likeness (QED) is 0.458. The van der Waals surface area contributed by atoms with Crippen LogP contribution in [0.25, 0.3) is 0 Å². The Kier molecular flexibility index (Phi) is 1.43. The van der Waals surface area contributed by atoms with Gasteiger partial charge in [-0.1, -0.05) is 22.9 Å². The zero-order chi connectivity index (χ0) is 8.72. The molecule has 1 aliphatic carbocycles. The van der Waals surface area contributed by atoms with Crippen LogP contribution in [0.15, 0.2) is 17.3 Å². The Morgan fingerprint density at radius 3 is 2.67 bits per heavy atom. The van der Waals surface area contributed by atoms with Crippen molar-refractivity contribution in [3.05, 3.63) is 34.4 Å². The van der Waals surface area contributed by atoms with Crippen LogP contribution in [-0.4, -0.2) is 10.9 Å². The summed E-state index contributed by atoms with van der Waals surface area (Å²) in [7, 11) is 0. The number of benzene rings is 1. The first-order chi connectivity index (χ1) is 5.72. The molecule has 0 heterocycles. The second kappa shape index (κ2) is 2.34. The zero-order valence-electron chi connectivity index (χ0n) is 7.26. The third kappa shape index (κ3) is 0.843. The number of rotatable bonds is 0. The summed E-state index contributed by atoms with van der Waals surface area (Å²) >= 11 is 0. The Bertz CT molecular complexity index is 349. The average Bonchev–Trinajstić information content (AvgIpc) is 1.94. The molecule has 2 heteroatoms. The monoisotopic (exact) mass is 161 g/mol. The number of hydrogen-bond acceptors (Lipinski definition) is 2. The minimum absolute atomic E-state index is 0.814. The fourth-order valence-corrected chi connectivity index (χ4v) is 1.86. The van der Waals surface area contributed by atoms with Crippen molar-refractivity contribution in [2.24, 2.45) is 5.16 Å². The molecule has 0 saturated heterocycles. The van der Waals surface area contributed by atoms with Crippen LogP contribution in [0.4, 0.5) is 0 Å². The first-order valence-electron chi connectivity index (χ1n) is 4.04. The van der Waals surface area contributed by atoms with Crippen LogP contribution < -0.4 is 0 Å². The molecule has 2 nitrogen and oxygen atoms in total. The fraction of sp³-hybridized carbons (Fsp3) is 0.300. The Balaban J connectivity index is 2.60. The smallest absolute Gasteiger partial charge is 0.0917 e. The average molecular weight is 161 g/mol. The molecule has 1 aliphatic rings. The van der Waals surface area contributed by atoms with Crippen LogP contribution in [-0.2, 0) is 6.42 Å². The van der Waals surface area contributed by atoms with Crippen LogP contribution >= 0.6 is 0 Å². The van der Waals surface area contributed by atoms with Crippen LogP contribution in [0.1, 0.15) is 22.3 Å². The molecule has 1 aromatic rings. The summed E-state index contributed by atoms with van der Waals surface area (Å²) in [4.78, 5) is 0. The lowest BCUT2D eigenvalue weighted by atomic mass is 9.82. The molecule has 0 aromatic heterocycles. The summed E-state index contributed by atoms with van der Waals surface area (Å²) in [5.41, 5.74) is 5.76. The molecule has 1 N–H and O–H groups in total. The predicted octanol–water partition coefficient (Wildman–Crippen LogP) is 2.04. The minimum Gasteiger partial charge on any atom is -0.411 e. The van der Waals surface area contributed by atoms with E-state index in [0.717, 1.165) is 17.7 Å². The zero-order valence-corrected chi connectivity index (χ0v) is 7.26. The predicted molar refractivity (Wildman–Crippen MR) is 47.9 cm³/mol. The van der Waals surface area contributed by atoms with Gasteiger partial charge >= 0.3 is 0 Å². The van der Waals surface area contributed by atoms with Gasteiger partial charge in [0, 0.05) is 12.0 Å². The number of nitrogens with zero attached hydrogens (tertiary/aromatic N) is 1. The normalized spacial score (nSPS) is 17.3. The van der Waals surface area contributed by atoms with Gasteiger partial charge in [-0.2, -0.15) is 0 Å². The molecule has 0 amide bonds. The highest BCUT2D eigenvalue weighted by Gasteiger charge is 2.23. The largest absolute Gasteiger partial charge is 0.411 e. The van der Waals surface area contributed by atoms with E-state index in [1.165, 1.54) is 16.7 Å². The number of hydrogen-bond donors (Lipinski definition) is 1. The van der Waals surface area contributed by atoms with Crippen molar-refractivity contribution in [2.45, 2.75) is 20.3 Å². The van der Waals surface area contributed by atoms with E-state index in [1.54, 1.807) is 0 Å². The highest BCUT2D eigenvalue weighted by atomic mass is 16.4. The van der Waals surface area contributed by atoms with Gasteiger partial charge < -0.3 is 5.21 Å². The molecule has 0 spiro atoms. The van der Waals surface area contributed by atoms with E-state index in [-0.39, 0.29) is 0 Å². The van der Waals surface area contributed by atoms with Gasteiger partial charge in [0.15, 0.2) is 0 Å². The van der Waals surface area contributed by atoms with E-state index in [9.17, 15) is 0 Å². The van der Waals surface area contributed by atoms with E-state index in [4.69, 9.17) is 5.21 Å². The lowest BCUT2D eigenvalue weighted by Crippen LogP contribution is -2.21. The minimum atomic E-state index is 0.814. The first kappa shape index (κ1) is 7.35. The Labute approximate surface area is 71.5 Å². The summed E-state index contributed by atoms with van der Waals surface area (Å²) < 4.78 is 0. The molecule has 0 radical (unpaired) electrons. The number of fused-ring (bicyclic) bond motifs is 1. The lowest BCUT2D eigenvalue weighted by molar-refractivity contribution is 0.317. The molecule has 0 atom stereocenters. The third-order valence-corrected chi connectivity index (χ3v) is 2.33. The SMILES string of the molecule is Cc1cc(C)c2c(c1)C/C2=N\O. The van der Waals surface area contributed by atoms with Crippen molar-refractivity contribution in [3.63, 3.8) is 0 Å². The molecular weight excluding hydrogens is 150 g/mol. The van der Waals surface area contributed by atoms with Crippen molar-refractivity contribution in [2.75, 3.05) is 0 Å². The summed E-state index contributed by atoms with van der Waals surface area (Å²) in [6.45, 7) is 4.14. The van der Waals surface area contributed by atoms with Gasteiger partial charge in [0.25, 0.3) is 0 Å². The maximum atomic E-state index is 8.61. The summed E-state index contributed by atoms with van der Waals surface area (Å²) in [5, 5.41) is 11.9. The van der Waals surface area contributed by atoms with Crippen molar-refractivity contribution in [3.8, 4) is 0 Å². The molecule has 2 rings (SSSR count). The van der Waals surface area contributed by atoms with Gasteiger partial charge in [0.1, 0.15) is 0 Å². The maximum absolute atomic E-state index is 8.61. The van der Waals surface area contributed by atoms with Crippen molar-refractivity contribution in [1.29, 1.82) is 0 Å². The molecule has 62 valence electrons. The number of aryl methyl sites for hydroxylation is 2. The lowest BCUT2D eigenvalue weighted by Gasteiger charge is -2.22. The Morgan fingerprint density at radius 1 is 1.33 bits per heavy atom. The van der Waals surface area contributed by atoms with E-state index in [1.807, 2.05) is 0 Å². The van der Waals surface area contributed by atoms with Crippen LogP contribution in [0, 0.1) is 13.8 Å². The van der Waals surface area contributed by atoms with Gasteiger partial charge in [0.2, 0.25) is 0 Å². The fourth-order valence-electron chi connectivity index (χ4n) is 1.86. The molecule has 0 unspecified atom stereocenters. The standard InChI is InChI=1S/C10H11NO/c1-6-3-7(2)10-8(4-6)5-9(10)11-12/h3-4,12H,5H2,1-2H3/b11-9+. The highest BCUT2D eigenvalue weighted by Crippen LogP contribution is 2.27. The molecule has 0 fully saturated rings. The van der Waals surface area contributed by atoms with Crippen LogP contribution in [0.3, 0.4) is 0 Å². The van der Waals surface area contributed by atoms with Gasteiger partial charge in [-0.05, 0) is 25.0 Å². The molecule has 0 saturated carbocycles. The van der Waals surface area contributed by atoms with Crippen molar-refractivity contribution < 1.29 is 5.21 Å². The second-order valence-corrected chi connectivity index (χ2v) is 3.34. The Hall–Kier alpha value is -1.31. The third-order valence-electron chi connectivity index (χ3n) is 2.33. The van der Waals surface area contributed by atoms with Gasteiger partial charge in [-0.15, -0.1) is 0 Å². The molecular formula is C10H11NO. The summed E-state index contributed by atoms with van der Waals surface area (Å²) in [6.07, 6.45) is 0.814. The van der Waals surface area contributed by atoms with E-state index in [2.05, 4.69) is 31.1 Å². The van der Waals surface area contributed by atoms with E-state index >= 15 is 0 Å². The Morgan fingerprint density at radius 2 is 2.08 bits per heavy atom. The van der Waals surface area contributed by atoms with Gasteiger partial charge in [-0.25, -0.2) is 0 Å². The highest BCUT2D eigenvalue weighted by molar-refractivity contribution is 6.11. The first-order valence-corrected chi connectivity index (χ1v) is 4.04. The molecule has 1 aromatic carbocycles. The van der Waals surface area contributed by atoms with Crippen LogP contribution in [0.5, 0.6) is 0 Å². The van der Waals surface area contributed by atoms with E-state index < -0.39 is 0 Å². The van der Waals surface area contributed by atoms with E-state index in [0.29, 0.717) is 0 Å². The van der Waals surface area contributed by atoms with Gasteiger partial charge in [0.05, 0.1) is 5.71 Å². The number of oxime groups is 1. The molecule has 0 aliphatic heterocycles. The molecule has 12 heavy (non-hydrogen) atoms. The van der Waals surface area contributed by atoms with Crippen LogP contribution in [0.2, 0.25) is 0 Å². The second-order valence-electron chi connectivity index (χ2n) is 3.34. The van der Waals surface area contributed by atoms with Gasteiger partial charge in [-0.3, -0.25) is 0 Å². The maximum Gasteiger partial charge on any atom is 0.0917 e. The van der Waals surface area contributed by atoms with Crippen molar-refractivity contribution in [1.82, 2.24) is 0 Å².